The Labute approximate surface area is 154 Å². The maximum atomic E-state index is 12.9. The Morgan fingerprint density at radius 1 is 1.04 bits per heavy atom. The maximum Gasteiger partial charge on any atom is 0.416 e. The molecule has 142 valence electrons. The van der Waals surface area contributed by atoms with Gasteiger partial charge in [-0.05, 0) is 35.9 Å². The van der Waals surface area contributed by atoms with Crippen molar-refractivity contribution in [1.29, 1.82) is 0 Å². The Morgan fingerprint density at radius 3 is 2.19 bits per heavy atom. The van der Waals surface area contributed by atoms with Crippen LogP contribution in [0.2, 0.25) is 0 Å². The molecule has 0 saturated heterocycles. The molecule has 8 heteroatoms. The molecule has 27 heavy (non-hydrogen) atoms. The fraction of sp³-hybridized carbons (Fsp3) is 0.211. The highest BCUT2D eigenvalue weighted by molar-refractivity contribution is 7.94. The molecule has 3 rings (SSSR count). The second kappa shape index (κ2) is 7.19. The normalized spacial score (nSPS) is 18.4. The van der Waals surface area contributed by atoms with E-state index in [0.29, 0.717) is 0 Å². The average Bonchev–Trinajstić information content (AvgIpc) is 2.99. The topological polar surface area (TPSA) is 54.5 Å². The second-order valence-corrected chi connectivity index (χ2v) is 8.15. The number of alkyl halides is 3. The summed E-state index contributed by atoms with van der Waals surface area (Å²) in [4.78, 5) is 14.3. The average molecular weight is 395 g/mol. The van der Waals surface area contributed by atoms with Crippen LogP contribution in [-0.4, -0.2) is 31.0 Å². The number of hydrogen-bond donors (Lipinski definition) is 0. The summed E-state index contributed by atoms with van der Waals surface area (Å²) in [5.74, 6) is -0.772. The van der Waals surface area contributed by atoms with Gasteiger partial charge >= 0.3 is 6.18 Å². The number of nitrogens with zero attached hydrogens (tertiary/aromatic N) is 1. The monoisotopic (exact) mass is 395 g/mol. The second-order valence-electron chi connectivity index (χ2n) is 6.22. The third kappa shape index (κ3) is 4.57. The number of hydrogen-bond acceptors (Lipinski definition) is 3. The lowest BCUT2D eigenvalue weighted by molar-refractivity contribution is -0.137. The van der Waals surface area contributed by atoms with E-state index >= 15 is 0 Å². The molecule has 0 N–H and O–H groups in total. The molecule has 0 saturated carbocycles. The van der Waals surface area contributed by atoms with Crippen LogP contribution >= 0.6 is 0 Å². The predicted octanol–water partition coefficient (Wildman–Crippen LogP) is 3.66. The molecule has 1 heterocycles. The molecule has 0 aliphatic carbocycles. The number of carbonyl (C=O) groups excluding carboxylic acids is 1. The van der Waals surface area contributed by atoms with Gasteiger partial charge in [0.1, 0.15) is 0 Å². The molecule has 0 bridgehead atoms. The first-order chi connectivity index (χ1) is 12.7. The summed E-state index contributed by atoms with van der Waals surface area (Å²) in [7, 11) is -3.40. The Morgan fingerprint density at radius 2 is 1.67 bits per heavy atom. The molecule has 4 nitrogen and oxygen atoms in total. The van der Waals surface area contributed by atoms with Gasteiger partial charge < -0.3 is 4.90 Å². The van der Waals surface area contributed by atoms with Crippen LogP contribution < -0.4 is 0 Å². The molecule has 0 fully saturated rings. The van der Waals surface area contributed by atoms with Gasteiger partial charge in [-0.2, -0.15) is 13.2 Å². The summed E-state index contributed by atoms with van der Waals surface area (Å²) in [5.41, 5.74) is 0.00379. The van der Waals surface area contributed by atoms with Crippen LogP contribution in [0.4, 0.5) is 13.2 Å². The zero-order chi connectivity index (χ0) is 19.7. The standard InChI is InChI=1S/C19H16F3NO3S/c20-19(21,22)16-8-6-15(7-9-16)18(24)23(12-14-4-2-1-3-5-14)17-10-11-27(25,26)13-17/h1-11,17H,12-13H2/t17-/m1/s1. The quantitative estimate of drug-likeness (QED) is 0.794. The molecule has 1 amide bonds. The van der Waals surface area contributed by atoms with Crippen molar-refractivity contribution in [2.45, 2.75) is 18.8 Å². The van der Waals surface area contributed by atoms with E-state index in [1.165, 1.54) is 11.0 Å². The van der Waals surface area contributed by atoms with Crippen molar-refractivity contribution >= 4 is 15.7 Å². The lowest BCUT2D eigenvalue weighted by Gasteiger charge is -2.28. The lowest BCUT2D eigenvalue weighted by atomic mass is 10.1. The van der Waals surface area contributed by atoms with E-state index in [0.717, 1.165) is 35.2 Å². The summed E-state index contributed by atoms with van der Waals surface area (Å²) in [6.07, 6.45) is -3.06. The Kier molecular flexibility index (Phi) is 5.10. The molecule has 1 atom stereocenters. The van der Waals surface area contributed by atoms with Crippen molar-refractivity contribution in [3.8, 4) is 0 Å². The SMILES string of the molecule is O=C(c1ccc(C(F)(F)F)cc1)N(Cc1ccccc1)[C@@H]1C=CS(=O)(=O)C1. The van der Waals surface area contributed by atoms with E-state index in [2.05, 4.69) is 0 Å². The summed E-state index contributed by atoms with van der Waals surface area (Å²) in [5, 5.41) is 1.07. The molecule has 1 aliphatic rings. The van der Waals surface area contributed by atoms with Crippen molar-refractivity contribution in [3.63, 3.8) is 0 Å². The van der Waals surface area contributed by atoms with Gasteiger partial charge in [0.05, 0.1) is 17.4 Å². The third-order valence-electron chi connectivity index (χ3n) is 4.23. The first kappa shape index (κ1) is 19.2. The molecule has 0 aromatic heterocycles. The number of carbonyl (C=O) groups is 1. The molecular formula is C19H16F3NO3S. The van der Waals surface area contributed by atoms with Crippen LogP contribution in [0.1, 0.15) is 21.5 Å². The van der Waals surface area contributed by atoms with E-state index in [1.807, 2.05) is 6.07 Å². The van der Waals surface area contributed by atoms with Crippen molar-refractivity contribution in [3.05, 3.63) is 82.8 Å². The van der Waals surface area contributed by atoms with Crippen LogP contribution in [-0.2, 0) is 22.6 Å². The largest absolute Gasteiger partial charge is 0.416 e. The van der Waals surface area contributed by atoms with Gasteiger partial charge in [0.15, 0.2) is 9.84 Å². The van der Waals surface area contributed by atoms with Crippen molar-refractivity contribution in [2.75, 3.05) is 5.75 Å². The Balaban J connectivity index is 1.90. The number of amides is 1. The van der Waals surface area contributed by atoms with Gasteiger partial charge in [-0.3, -0.25) is 4.79 Å². The highest BCUT2D eigenvalue weighted by Gasteiger charge is 2.33. The van der Waals surface area contributed by atoms with Crippen LogP contribution in [0.3, 0.4) is 0 Å². The third-order valence-corrected chi connectivity index (χ3v) is 5.61. The first-order valence-corrected chi connectivity index (χ1v) is 9.80. The van der Waals surface area contributed by atoms with Crippen LogP contribution in [0.5, 0.6) is 0 Å². The van der Waals surface area contributed by atoms with Crippen molar-refractivity contribution < 1.29 is 26.4 Å². The summed E-state index contributed by atoms with van der Waals surface area (Å²) in [6, 6.07) is 12.2. The van der Waals surface area contributed by atoms with Crippen LogP contribution in [0.25, 0.3) is 0 Å². The fourth-order valence-electron chi connectivity index (χ4n) is 2.84. The molecule has 0 spiro atoms. The van der Waals surface area contributed by atoms with Gasteiger partial charge in [0.25, 0.3) is 5.91 Å². The first-order valence-electron chi connectivity index (χ1n) is 8.09. The molecule has 1 aliphatic heterocycles. The number of benzene rings is 2. The van der Waals surface area contributed by atoms with E-state index in [4.69, 9.17) is 0 Å². The maximum absolute atomic E-state index is 12.9. The van der Waals surface area contributed by atoms with Gasteiger partial charge in [-0.25, -0.2) is 8.42 Å². The van der Waals surface area contributed by atoms with Crippen molar-refractivity contribution in [1.82, 2.24) is 4.90 Å². The summed E-state index contributed by atoms with van der Waals surface area (Å²) < 4.78 is 61.7. The smallest absolute Gasteiger partial charge is 0.327 e. The molecule has 0 unspecified atom stereocenters. The minimum absolute atomic E-state index is 0.0663. The van der Waals surface area contributed by atoms with Gasteiger partial charge in [0.2, 0.25) is 0 Å². The molecule has 2 aromatic carbocycles. The van der Waals surface area contributed by atoms with Gasteiger partial charge in [0, 0.05) is 17.5 Å². The number of halogens is 3. The highest BCUT2D eigenvalue weighted by atomic mass is 32.2. The molecule has 0 radical (unpaired) electrons. The Hall–Kier alpha value is -2.61. The van der Waals surface area contributed by atoms with Crippen LogP contribution in [0, 0.1) is 0 Å². The Bertz CT molecular complexity index is 952. The van der Waals surface area contributed by atoms with Crippen molar-refractivity contribution in [2.24, 2.45) is 0 Å². The zero-order valence-corrected chi connectivity index (χ0v) is 14.9. The number of rotatable bonds is 4. The van der Waals surface area contributed by atoms with E-state index < -0.39 is 33.5 Å². The van der Waals surface area contributed by atoms with Crippen LogP contribution in [0.15, 0.2) is 66.1 Å². The van der Waals surface area contributed by atoms with E-state index in [-0.39, 0.29) is 17.9 Å². The number of sulfone groups is 1. The van der Waals surface area contributed by atoms with Gasteiger partial charge in [-0.15, -0.1) is 0 Å². The lowest BCUT2D eigenvalue weighted by Crippen LogP contribution is -2.40. The predicted molar refractivity (Wildman–Crippen MR) is 94.5 cm³/mol. The van der Waals surface area contributed by atoms with E-state index in [1.54, 1.807) is 24.3 Å². The minimum Gasteiger partial charge on any atom is -0.327 e. The van der Waals surface area contributed by atoms with E-state index in [9.17, 15) is 26.4 Å². The molecule has 2 aromatic rings. The fourth-order valence-corrected chi connectivity index (χ4v) is 4.14. The zero-order valence-electron chi connectivity index (χ0n) is 14.1. The minimum atomic E-state index is -4.49. The molecular weight excluding hydrogens is 379 g/mol. The summed E-state index contributed by atoms with van der Waals surface area (Å²) >= 11 is 0. The van der Waals surface area contributed by atoms with Gasteiger partial charge in [-0.1, -0.05) is 30.3 Å². The summed E-state index contributed by atoms with van der Waals surface area (Å²) in [6.45, 7) is 0.144. The highest BCUT2D eigenvalue weighted by Crippen LogP contribution is 2.29.